The van der Waals surface area contributed by atoms with Gasteiger partial charge in [-0.25, -0.2) is 9.24 Å². The molecule has 0 fully saturated rings. The third kappa shape index (κ3) is 3.15. The van der Waals surface area contributed by atoms with Crippen LogP contribution in [0.3, 0.4) is 0 Å². The number of benzene rings is 1. The van der Waals surface area contributed by atoms with Gasteiger partial charge in [-0.2, -0.15) is 4.98 Å². The zero-order chi connectivity index (χ0) is 15.5. The molecule has 0 aliphatic carbocycles. The normalized spacial score (nSPS) is 14.3. The Morgan fingerprint density at radius 2 is 2.00 bits per heavy atom. The third-order valence-electron chi connectivity index (χ3n) is 2.86. The zero-order valence-electron chi connectivity index (χ0n) is 12.4. The van der Waals surface area contributed by atoms with E-state index in [1.54, 1.807) is 14.1 Å². The van der Waals surface area contributed by atoms with E-state index in [2.05, 4.69) is 10.1 Å². The monoisotopic (exact) mass is 309 g/mol. The van der Waals surface area contributed by atoms with E-state index in [0.29, 0.717) is 12.4 Å². The number of anilines is 1. The highest BCUT2D eigenvalue weighted by molar-refractivity contribution is 7.54. The van der Waals surface area contributed by atoms with Crippen molar-refractivity contribution >= 4 is 13.6 Å². The summed E-state index contributed by atoms with van der Waals surface area (Å²) in [6.07, 6.45) is 0.748. The first-order valence-corrected chi connectivity index (χ1v) is 8.23. The molecule has 8 heteroatoms. The van der Waals surface area contributed by atoms with Crippen LogP contribution in [0.15, 0.2) is 30.3 Å². The van der Waals surface area contributed by atoms with Gasteiger partial charge in [-0.3, -0.25) is 0 Å². The van der Waals surface area contributed by atoms with Crippen LogP contribution in [0.25, 0.3) is 11.4 Å². The van der Waals surface area contributed by atoms with Crippen LogP contribution >= 0.6 is 7.67 Å². The second-order valence-corrected chi connectivity index (χ2v) is 7.14. The summed E-state index contributed by atoms with van der Waals surface area (Å²) in [5.41, 5.74) is 6.69. The SMILES string of the molecule is CCCOP(=O)(N(C)C)n1nc(-c2ccccc2)nc1N. The Morgan fingerprint density at radius 1 is 1.33 bits per heavy atom. The molecule has 1 unspecified atom stereocenters. The first-order chi connectivity index (χ1) is 9.99. The van der Waals surface area contributed by atoms with Gasteiger partial charge in [-0.1, -0.05) is 37.3 Å². The van der Waals surface area contributed by atoms with Crippen molar-refractivity contribution in [2.45, 2.75) is 13.3 Å². The minimum atomic E-state index is -3.35. The topological polar surface area (TPSA) is 86.3 Å². The van der Waals surface area contributed by atoms with Gasteiger partial charge in [0.25, 0.3) is 0 Å². The molecule has 1 aromatic heterocycles. The molecule has 0 saturated carbocycles. The second-order valence-electron chi connectivity index (χ2n) is 4.72. The van der Waals surface area contributed by atoms with Gasteiger partial charge in [0.15, 0.2) is 5.82 Å². The van der Waals surface area contributed by atoms with Gasteiger partial charge >= 0.3 is 7.67 Å². The van der Waals surface area contributed by atoms with Crippen LogP contribution in [0, 0.1) is 0 Å². The molecule has 0 spiro atoms. The minimum absolute atomic E-state index is 0.0713. The van der Waals surface area contributed by atoms with Crippen molar-refractivity contribution in [2.75, 3.05) is 26.4 Å². The summed E-state index contributed by atoms with van der Waals surface area (Å²) in [6, 6.07) is 9.40. The number of rotatable bonds is 6. The standard InChI is InChI=1S/C13H20N5O2P/c1-4-10-20-21(19,17(2)3)18-13(14)15-12(16-18)11-8-6-5-7-9-11/h5-9H,4,10H2,1-3H3,(H2,14,15,16). The van der Waals surface area contributed by atoms with Crippen molar-refractivity contribution in [1.82, 2.24) is 19.2 Å². The van der Waals surface area contributed by atoms with E-state index in [1.165, 1.54) is 9.12 Å². The van der Waals surface area contributed by atoms with Gasteiger partial charge in [0.1, 0.15) is 0 Å². The third-order valence-corrected chi connectivity index (χ3v) is 5.16. The molecule has 21 heavy (non-hydrogen) atoms. The molecule has 1 heterocycles. The highest BCUT2D eigenvalue weighted by atomic mass is 31.2. The summed E-state index contributed by atoms with van der Waals surface area (Å²) in [5.74, 6) is 0.497. The molecule has 7 nitrogen and oxygen atoms in total. The molecule has 1 aromatic carbocycles. The lowest BCUT2D eigenvalue weighted by Crippen LogP contribution is -2.19. The Bertz CT molecular complexity index is 641. The zero-order valence-corrected chi connectivity index (χ0v) is 13.3. The maximum atomic E-state index is 13.0. The van der Waals surface area contributed by atoms with E-state index in [0.717, 1.165) is 12.0 Å². The summed E-state index contributed by atoms with van der Waals surface area (Å²) >= 11 is 0. The van der Waals surface area contributed by atoms with Crippen molar-refractivity contribution in [3.8, 4) is 11.4 Å². The predicted octanol–water partition coefficient (Wildman–Crippen LogP) is 2.47. The van der Waals surface area contributed by atoms with Gasteiger partial charge in [0.2, 0.25) is 5.95 Å². The Hall–Kier alpha value is -1.69. The number of nitrogen functional groups attached to an aromatic ring is 1. The Morgan fingerprint density at radius 3 is 2.57 bits per heavy atom. The first kappa shape index (κ1) is 15.7. The molecule has 2 N–H and O–H groups in total. The quantitative estimate of drug-likeness (QED) is 0.825. The van der Waals surface area contributed by atoms with Crippen LogP contribution < -0.4 is 5.73 Å². The van der Waals surface area contributed by atoms with E-state index in [9.17, 15) is 4.57 Å². The fourth-order valence-electron chi connectivity index (χ4n) is 1.76. The van der Waals surface area contributed by atoms with Crippen molar-refractivity contribution in [1.29, 1.82) is 0 Å². The van der Waals surface area contributed by atoms with E-state index in [-0.39, 0.29) is 5.95 Å². The lowest BCUT2D eigenvalue weighted by molar-refractivity contribution is 0.271. The van der Waals surface area contributed by atoms with Crippen LogP contribution in [0.2, 0.25) is 0 Å². The molecule has 0 aliphatic heterocycles. The Balaban J connectivity index is 2.44. The molecule has 0 bridgehead atoms. The molecule has 1 atom stereocenters. The molecule has 0 amide bonds. The van der Waals surface area contributed by atoms with E-state index < -0.39 is 7.67 Å². The number of hydrogen-bond acceptors (Lipinski definition) is 5. The molecule has 2 aromatic rings. The van der Waals surface area contributed by atoms with Crippen LogP contribution in [0.4, 0.5) is 5.95 Å². The lowest BCUT2D eigenvalue weighted by Gasteiger charge is -2.23. The van der Waals surface area contributed by atoms with Crippen LogP contribution in [0.5, 0.6) is 0 Å². The van der Waals surface area contributed by atoms with E-state index in [1.807, 2.05) is 37.3 Å². The van der Waals surface area contributed by atoms with Crippen molar-refractivity contribution < 1.29 is 9.09 Å². The van der Waals surface area contributed by atoms with Gasteiger partial charge in [0, 0.05) is 5.56 Å². The minimum Gasteiger partial charge on any atom is -0.368 e. The van der Waals surface area contributed by atoms with Crippen LogP contribution in [-0.2, 0) is 9.09 Å². The average molecular weight is 309 g/mol. The molecule has 0 aliphatic rings. The number of nitrogens with two attached hydrogens (primary N) is 1. The first-order valence-electron chi connectivity index (χ1n) is 6.70. The molecule has 0 radical (unpaired) electrons. The van der Waals surface area contributed by atoms with Gasteiger partial charge in [0.05, 0.1) is 6.61 Å². The number of hydrogen-bond donors (Lipinski definition) is 1. The molecule has 0 saturated heterocycles. The fraction of sp³-hybridized carbons (Fsp3) is 0.385. The van der Waals surface area contributed by atoms with Crippen LogP contribution in [0.1, 0.15) is 13.3 Å². The molecule has 114 valence electrons. The molecule has 2 rings (SSSR count). The maximum absolute atomic E-state index is 13.0. The largest absolute Gasteiger partial charge is 0.393 e. The summed E-state index contributed by atoms with van der Waals surface area (Å²) < 4.78 is 21.2. The highest BCUT2D eigenvalue weighted by Crippen LogP contribution is 2.51. The van der Waals surface area contributed by atoms with Crippen LogP contribution in [-0.4, -0.2) is 39.9 Å². The smallest absolute Gasteiger partial charge is 0.368 e. The highest BCUT2D eigenvalue weighted by Gasteiger charge is 2.33. The number of nitrogens with zero attached hydrogens (tertiary/aromatic N) is 4. The summed E-state index contributed by atoms with van der Waals surface area (Å²) in [7, 11) is -0.0132. The van der Waals surface area contributed by atoms with E-state index >= 15 is 0 Å². The van der Waals surface area contributed by atoms with Gasteiger partial charge in [-0.05, 0) is 20.5 Å². The summed E-state index contributed by atoms with van der Waals surface area (Å²) in [5, 5.41) is 4.28. The number of aromatic nitrogens is 3. The predicted molar refractivity (Wildman–Crippen MR) is 82.8 cm³/mol. The Labute approximate surface area is 124 Å². The maximum Gasteiger partial charge on any atom is 0.393 e. The fourth-order valence-corrected chi connectivity index (χ4v) is 3.36. The van der Waals surface area contributed by atoms with Gasteiger partial charge < -0.3 is 10.3 Å². The summed E-state index contributed by atoms with van der Waals surface area (Å²) in [4.78, 5) is 4.19. The van der Waals surface area contributed by atoms with Gasteiger partial charge in [-0.15, -0.1) is 9.55 Å². The van der Waals surface area contributed by atoms with Crippen molar-refractivity contribution in [3.05, 3.63) is 30.3 Å². The lowest BCUT2D eigenvalue weighted by atomic mass is 10.2. The molecular formula is C13H20N5O2P. The second kappa shape index (κ2) is 6.39. The summed E-state index contributed by atoms with van der Waals surface area (Å²) in [6.45, 7) is 2.30. The Kier molecular flexibility index (Phi) is 4.77. The van der Waals surface area contributed by atoms with Crippen molar-refractivity contribution in [2.24, 2.45) is 0 Å². The van der Waals surface area contributed by atoms with Crippen molar-refractivity contribution in [3.63, 3.8) is 0 Å². The molecular weight excluding hydrogens is 289 g/mol. The average Bonchev–Trinajstić information content (AvgIpc) is 2.88. The van der Waals surface area contributed by atoms with E-state index in [4.69, 9.17) is 10.3 Å².